The molecule has 0 aromatic carbocycles. The van der Waals surface area contributed by atoms with E-state index in [0.29, 0.717) is 12.5 Å². The molecular formula is C20H32O4. The predicted molar refractivity (Wildman–Crippen MR) is 92.1 cm³/mol. The number of hydrogen-bond acceptors (Lipinski definition) is 4. The Bertz CT molecular complexity index is 562. The summed E-state index contributed by atoms with van der Waals surface area (Å²) in [5.74, 6) is 0.219. The Labute approximate surface area is 145 Å². The molecule has 6 atom stereocenters. The minimum atomic E-state index is -0.701. The fraction of sp³-hybridized carbons (Fsp3) is 0.850. The molecule has 0 aromatic rings. The molecule has 0 radical (unpaired) electrons. The fourth-order valence-electron chi connectivity index (χ4n) is 6.10. The first-order valence-corrected chi connectivity index (χ1v) is 9.18. The van der Waals surface area contributed by atoms with E-state index in [1.165, 1.54) is 0 Å². The summed E-state index contributed by atoms with van der Waals surface area (Å²) in [4.78, 5) is 12.3. The van der Waals surface area contributed by atoms with E-state index >= 15 is 0 Å². The van der Waals surface area contributed by atoms with Gasteiger partial charge >= 0.3 is 5.97 Å². The monoisotopic (exact) mass is 336 g/mol. The van der Waals surface area contributed by atoms with E-state index in [-0.39, 0.29) is 34.2 Å². The Kier molecular flexibility index (Phi) is 4.16. The van der Waals surface area contributed by atoms with E-state index < -0.39 is 6.29 Å². The van der Waals surface area contributed by atoms with Crippen molar-refractivity contribution in [1.29, 1.82) is 0 Å². The summed E-state index contributed by atoms with van der Waals surface area (Å²) in [5.41, 5.74) is 0.750. The van der Waals surface area contributed by atoms with Gasteiger partial charge in [0.2, 0.25) is 0 Å². The molecule has 1 saturated heterocycles. The highest BCUT2D eigenvalue weighted by atomic mass is 16.6. The molecule has 1 heterocycles. The van der Waals surface area contributed by atoms with Crippen molar-refractivity contribution < 1.29 is 19.4 Å². The molecule has 1 N–H and O–H groups in total. The van der Waals surface area contributed by atoms with Crippen molar-refractivity contribution in [2.75, 3.05) is 6.61 Å². The van der Waals surface area contributed by atoms with E-state index in [2.05, 4.69) is 27.7 Å². The maximum Gasteiger partial charge on any atom is 0.330 e. The van der Waals surface area contributed by atoms with E-state index in [4.69, 9.17) is 9.47 Å². The summed E-state index contributed by atoms with van der Waals surface area (Å²) in [7, 11) is 0. The molecule has 0 amide bonds. The number of rotatable bonds is 2. The Hall–Kier alpha value is -0.870. The Morgan fingerprint density at radius 3 is 2.54 bits per heavy atom. The Morgan fingerprint density at radius 2 is 1.92 bits per heavy atom. The van der Waals surface area contributed by atoms with Gasteiger partial charge < -0.3 is 14.6 Å². The van der Waals surface area contributed by atoms with E-state index in [1.54, 1.807) is 6.08 Å². The zero-order valence-electron chi connectivity index (χ0n) is 15.9. The number of fused-ring (bicyclic) bond motifs is 3. The average Bonchev–Trinajstić information content (AvgIpc) is 2.92. The normalized spacial score (nSPS) is 46.1. The van der Waals surface area contributed by atoms with Crippen LogP contribution in [0.4, 0.5) is 0 Å². The molecule has 0 unspecified atom stereocenters. The van der Waals surface area contributed by atoms with Crippen LogP contribution in [-0.2, 0) is 14.3 Å². The Morgan fingerprint density at radius 1 is 1.25 bits per heavy atom. The van der Waals surface area contributed by atoms with Crippen molar-refractivity contribution in [3.63, 3.8) is 0 Å². The third kappa shape index (κ3) is 2.29. The smallest absolute Gasteiger partial charge is 0.330 e. The second-order valence-corrected chi connectivity index (χ2v) is 9.40. The molecule has 0 aromatic heterocycles. The lowest BCUT2D eigenvalue weighted by molar-refractivity contribution is -0.212. The van der Waals surface area contributed by atoms with Crippen LogP contribution in [0.5, 0.6) is 0 Å². The number of ether oxygens (including phenoxy) is 2. The van der Waals surface area contributed by atoms with Crippen LogP contribution < -0.4 is 0 Å². The first-order valence-electron chi connectivity index (χ1n) is 9.18. The van der Waals surface area contributed by atoms with Crippen molar-refractivity contribution in [3.05, 3.63) is 11.6 Å². The summed E-state index contributed by atoms with van der Waals surface area (Å²) in [6, 6.07) is 0. The van der Waals surface area contributed by atoms with Crippen molar-refractivity contribution in [1.82, 2.24) is 0 Å². The molecule has 1 aliphatic heterocycles. The predicted octanol–water partition coefficient (Wildman–Crippen LogP) is 3.68. The van der Waals surface area contributed by atoms with Gasteiger partial charge in [-0.3, -0.25) is 0 Å². The van der Waals surface area contributed by atoms with Gasteiger partial charge in [0.05, 0.1) is 6.61 Å². The van der Waals surface area contributed by atoms with Crippen LogP contribution in [0.25, 0.3) is 0 Å². The molecule has 4 nitrogen and oxygen atoms in total. The lowest BCUT2D eigenvalue weighted by Gasteiger charge is -2.60. The number of aliphatic hydroxyl groups excluding tert-OH is 1. The second kappa shape index (κ2) is 5.57. The summed E-state index contributed by atoms with van der Waals surface area (Å²) in [5, 5.41) is 10.5. The van der Waals surface area contributed by atoms with Crippen molar-refractivity contribution in [2.45, 2.75) is 73.2 Å². The molecule has 24 heavy (non-hydrogen) atoms. The molecule has 2 aliphatic carbocycles. The Balaban J connectivity index is 1.97. The number of allylic oxidation sites excluding steroid dienone is 1. The van der Waals surface area contributed by atoms with Crippen LogP contribution >= 0.6 is 0 Å². The molecule has 0 bridgehead atoms. The van der Waals surface area contributed by atoms with Gasteiger partial charge in [0, 0.05) is 17.4 Å². The highest BCUT2D eigenvalue weighted by Crippen LogP contribution is 2.73. The number of hydrogen-bond donors (Lipinski definition) is 1. The number of carbonyl (C=O) groups is 1. The van der Waals surface area contributed by atoms with Crippen LogP contribution in [0.15, 0.2) is 11.6 Å². The minimum absolute atomic E-state index is 0.0647. The van der Waals surface area contributed by atoms with E-state index in [0.717, 1.165) is 24.8 Å². The van der Waals surface area contributed by atoms with Crippen molar-refractivity contribution in [2.24, 2.45) is 28.1 Å². The van der Waals surface area contributed by atoms with E-state index in [9.17, 15) is 9.90 Å². The lowest BCUT2D eigenvalue weighted by atomic mass is 9.45. The van der Waals surface area contributed by atoms with Gasteiger partial charge in [0.25, 0.3) is 0 Å². The zero-order valence-corrected chi connectivity index (χ0v) is 15.9. The van der Waals surface area contributed by atoms with Gasteiger partial charge in [-0.2, -0.15) is 0 Å². The molecule has 3 aliphatic rings. The molecule has 2 saturated carbocycles. The molecule has 3 fully saturated rings. The summed E-state index contributed by atoms with van der Waals surface area (Å²) in [6.07, 6.45) is 3.60. The molecule has 0 spiro atoms. The molecular weight excluding hydrogens is 304 g/mol. The summed E-state index contributed by atoms with van der Waals surface area (Å²) < 4.78 is 11.5. The van der Waals surface area contributed by atoms with Gasteiger partial charge in [0.1, 0.15) is 6.10 Å². The molecule has 3 rings (SSSR count). The fourth-order valence-corrected chi connectivity index (χ4v) is 6.10. The van der Waals surface area contributed by atoms with Crippen LogP contribution in [0.1, 0.15) is 60.8 Å². The lowest BCUT2D eigenvalue weighted by Crippen LogP contribution is -2.59. The van der Waals surface area contributed by atoms with Gasteiger partial charge in [-0.1, -0.05) is 33.3 Å². The van der Waals surface area contributed by atoms with Gasteiger partial charge in [0.15, 0.2) is 6.29 Å². The first kappa shape index (κ1) is 17.9. The number of aliphatic hydroxyl groups is 1. The van der Waals surface area contributed by atoms with E-state index in [1.807, 2.05) is 13.8 Å². The van der Waals surface area contributed by atoms with Crippen LogP contribution in [0, 0.1) is 28.1 Å². The minimum Gasteiger partial charge on any atom is -0.459 e. The third-order valence-corrected chi connectivity index (χ3v) is 7.65. The number of esters is 1. The summed E-state index contributed by atoms with van der Waals surface area (Å²) >= 11 is 0. The maximum absolute atomic E-state index is 12.3. The highest BCUT2D eigenvalue weighted by Gasteiger charge is 2.72. The SMILES string of the molecule is CC(C)=CC(=O)O[C@@H]1CCC(C)(C)[C@@]2(C)[C@H]3[C@H](CO[C@@H]3O)C[C@@]12C. The van der Waals surface area contributed by atoms with Crippen LogP contribution in [0.3, 0.4) is 0 Å². The maximum atomic E-state index is 12.3. The topological polar surface area (TPSA) is 55.8 Å². The molecule has 4 heteroatoms. The van der Waals surface area contributed by atoms with Crippen molar-refractivity contribution in [3.8, 4) is 0 Å². The van der Waals surface area contributed by atoms with Crippen LogP contribution in [0.2, 0.25) is 0 Å². The largest absolute Gasteiger partial charge is 0.459 e. The second-order valence-electron chi connectivity index (χ2n) is 9.40. The van der Waals surface area contributed by atoms with Crippen molar-refractivity contribution >= 4 is 5.97 Å². The molecule has 136 valence electrons. The first-order chi connectivity index (χ1) is 11.0. The van der Waals surface area contributed by atoms with Gasteiger partial charge in [-0.25, -0.2) is 4.79 Å². The zero-order chi connectivity index (χ0) is 17.9. The highest BCUT2D eigenvalue weighted by molar-refractivity contribution is 5.82. The van der Waals surface area contributed by atoms with Crippen LogP contribution in [-0.4, -0.2) is 30.1 Å². The quantitative estimate of drug-likeness (QED) is 0.617. The number of carbonyl (C=O) groups excluding carboxylic acids is 1. The van der Waals surface area contributed by atoms with Gasteiger partial charge in [-0.15, -0.1) is 0 Å². The third-order valence-electron chi connectivity index (χ3n) is 7.65. The van der Waals surface area contributed by atoms with Gasteiger partial charge in [-0.05, 0) is 49.9 Å². The average molecular weight is 336 g/mol. The summed E-state index contributed by atoms with van der Waals surface area (Å²) in [6.45, 7) is 13.6. The standard InChI is InChI=1S/C20H32O4/c1-12(2)9-15(21)24-14-7-8-18(3,4)20(6)16-13(10-19(14,20)5)11-23-17(16)22/h9,13-14,16-17,22H,7-8,10-11H2,1-6H3/t13-,14+,16-,17-,19-,20+/m0/s1.